The maximum atomic E-state index is 13.7. The van der Waals surface area contributed by atoms with E-state index in [0.717, 1.165) is 42.2 Å². The van der Waals surface area contributed by atoms with Gasteiger partial charge in [0.15, 0.2) is 0 Å². The number of hydrogen-bond donors (Lipinski definition) is 1. The van der Waals surface area contributed by atoms with Crippen molar-refractivity contribution in [2.45, 2.75) is 50.5 Å². The molecule has 0 saturated heterocycles. The number of methoxy groups -OCH3 is 1. The van der Waals surface area contributed by atoms with Gasteiger partial charge in [0.1, 0.15) is 11.6 Å². The summed E-state index contributed by atoms with van der Waals surface area (Å²) in [6, 6.07) is 8.17. The van der Waals surface area contributed by atoms with Gasteiger partial charge < -0.3 is 10.1 Å². The number of benzene rings is 1. The second kappa shape index (κ2) is 15.0. The molecule has 1 aromatic rings. The van der Waals surface area contributed by atoms with Crippen molar-refractivity contribution in [3.8, 4) is 5.75 Å². The molecule has 1 heterocycles. The fourth-order valence-electron chi connectivity index (χ4n) is 3.89. The van der Waals surface area contributed by atoms with Gasteiger partial charge in [-0.05, 0) is 91.9 Å². The van der Waals surface area contributed by atoms with Gasteiger partial charge in [0.25, 0.3) is 5.91 Å². The molecular formula is C28H35F2NO2S2. The number of thioether (sulfide) groups is 2. The van der Waals surface area contributed by atoms with Gasteiger partial charge >= 0.3 is 0 Å². The Morgan fingerprint density at radius 3 is 2.60 bits per heavy atom. The lowest BCUT2D eigenvalue weighted by Crippen LogP contribution is -2.28. The lowest BCUT2D eigenvalue weighted by Gasteiger charge is -2.25. The number of allylic oxidation sites excluding steroid dienone is 5. The van der Waals surface area contributed by atoms with Crippen LogP contribution in [0.15, 0.2) is 82.4 Å². The monoisotopic (exact) mass is 519 g/mol. The SMILES string of the molecule is C\C=C(F)/C=C(\C=C\F)CNC(=O)C1=C(CCC(CC)c2ccc(OC)cc2)C(C)=CC(SC)S1. The van der Waals surface area contributed by atoms with Crippen molar-refractivity contribution in [1.82, 2.24) is 5.32 Å². The quantitative estimate of drug-likeness (QED) is 0.284. The number of carbonyl (C=O) groups excluding carboxylic acids is 1. The van der Waals surface area contributed by atoms with Crippen LogP contribution in [0, 0.1) is 0 Å². The van der Waals surface area contributed by atoms with E-state index in [4.69, 9.17) is 4.74 Å². The summed E-state index contributed by atoms with van der Waals surface area (Å²) in [6.07, 6.45) is 10.9. The fourth-order valence-corrected chi connectivity index (χ4v) is 5.99. The lowest BCUT2D eigenvalue weighted by molar-refractivity contribution is -0.116. The molecule has 2 unspecified atom stereocenters. The van der Waals surface area contributed by atoms with Crippen LogP contribution in [0.5, 0.6) is 5.75 Å². The Labute approximate surface area is 216 Å². The molecule has 7 heteroatoms. The molecule has 0 spiro atoms. The zero-order valence-electron chi connectivity index (χ0n) is 21.1. The summed E-state index contributed by atoms with van der Waals surface area (Å²) in [5.74, 6) is 0.501. The van der Waals surface area contributed by atoms with Crippen LogP contribution in [0.2, 0.25) is 0 Å². The van der Waals surface area contributed by atoms with Crippen molar-refractivity contribution in [3.05, 3.63) is 87.9 Å². The highest BCUT2D eigenvalue weighted by molar-refractivity contribution is 8.19. The molecule has 1 aliphatic rings. The Hall–Kier alpha value is -2.25. The minimum Gasteiger partial charge on any atom is -0.497 e. The van der Waals surface area contributed by atoms with E-state index in [1.165, 1.54) is 29.5 Å². The molecule has 3 nitrogen and oxygen atoms in total. The predicted octanol–water partition coefficient (Wildman–Crippen LogP) is 8.00. The van der Waals surface area contributed by atoms with E-state index in [0.29, 0.717) is 22.7 Å². The molecule has 2 rings (SSSR count). The van der Waals surface area contributed by atoms with E-state index in [-0.39, 0.29) is 17.0 Å². The Bertz CT molecular complexity index is 1010. The number of rotatable bonds is 12. The Morgan fingerprint density at radius 2 is 2.03 bits per heavy atom. The summed E-state index contributed by atoms with van der Waals surface area (Å²) >= 11 is 3.21. The zero-order chi connectivity index (χ0) is 25.8. The first-order valence-electron chi connectivity index (χ1n) is 11.7. The summed E-state index contributed by atoms with van der Waals surface area (Å²) in [7, 11) is 1.66. The molecule has 0 aromatic heterocycles. The largest absolute Gasteiger partial charge is 0.497 e. The van der Waals surface area contributed by atoms with Crippen LogP contribution >= 0.6 is 23.5 Å². The minimum atomic E-state index is -0.482. The second-order valence-electron chi connectivity index (χ2n) is 8.16. The highest BCUT2D eigenvalue weighted by Crippen LogP contribution is 2.42. The number of ether oxygens (including phenoxy) is 1. The van der Waals surface area contributed by atoms with E-state index in [1.807, 2.05) is 18.4 Å². The van der Waals surface area contributed by atoms with Crippen LogP contribution < -0.4 is 10.1 Å². The lowest BCUT2D eigenvalue weighted by atomic mass is 9.88. The number of hydrogen-bond acceptors (Lipinski definition) is 4. The molecule has 190 valence electrons. The summed E-state index contributed by atoms with van der Waals surface area (Å²) < 4.78 is 31.9. The Morgan fingerprint density at radius 1 is 1.31 bits per heavy atom. The molecule has 1 aromatic carbocycles. The maximum Gasteiger partial charge on any atom is 0.258 e. The van der Waals surface area contributed by atoms with Gasteiger partial charge in [-0.25, -0.2) is 8.78 Å². The number of nitrogens with one attached hydrogen (secondary N) is 1. The van der Waals surface area contributed by atoms with E-state index in [9.17, 15) is 13.6 Å². The van der Waals surface area contributed by atoms with Gasteiger partial charge in [-0.2, -0.15) is 0 Å². The molecule has 2 atom stereocenters. The third-order valence-electron chi connectivity index (χ3n) is 5.96. The Kier molecular flexibility index (Phi) is 12.4. The van der Waals surface area contributed by atoms with Crippen LogP contribution in [0.25, 0.3) is 0 Å². The topological polar surface area (TPSA) is 38.3 Å². The zero-order valence-corrected chi connectivity index (χ0v) is 22.7. The van der Waals surface area contributed by atoms with Crippen molar-refractivity contribution in [2.75, 3.05) is 19.9 Å². The average molecular weight is 520 g/mol. The highest BCUT2D eigenvalue weighted by atomic mass is 32.2. The molecule has 1 amide bonds. The number of halogens is 2. The molecule has 0 bridgehead atoms. The Balaban J connectivity index is 2.24. The first kappa shape index (κ1) is 29.0. The van der Waals surface area contributed by atoms with E-state index in [2.05, 4.69) is 37.4 Å². The third kappa shape index (κ3) is 8.73. The van der Waals surface area contributed by atoms with Crippen molar-refractivity contribution < 1.29 is 18.3 Å². The smallest absolute Gasteiger partial charge is 0.258 e. The van der Waals surface area contributed by atoms with Crippen LogP contribution in [-0.4, -0.2) is 30.4 Å². The van der Waals surface area contributed by atoms with Crippen molar-refractivity contribution in [3.63, 3.8) is 0 Å². The van der Waals surface area contributed by atoms with Gasteiger partial charge in [-0.1, -0.05) is 31.2 Å². The van der Waals surface area contributed by atoms with Crippen molar-refractivity contribution in [2.24, 2.45) is 0 Å². The predicted molar refractivity (Wildman–Crippen MR) is 147 cm³/mol. The molecule has 35 heavy (non-hydrogen) atoms. The van der Waals surface area contributed by atoms with Gasteiger partial charge in [0, 0.05) is 6.54 Å². The number of carbonyl (C=O) groups is 1. The maximum absolute atomic E-state index is 13.7. The van der Waals surface area contributed by atoms with Crippen molar-refractivity contribution >= 4 is 29.4 Å². The van der Waals surface area contributed by atoms with Gasteiger partial charge in [0.2, 0.25) is 0 Å². The van der Waals surface area contributed by atoms with E-state index >= 15 is 0 Å². The van der Waals surface area contributed by atoms with E-state index in [1.54, 1.807) is 25.8 Å². The standard InChI is InChI=1S/C28H35F2NO2S2/c1-6-21(22-8-11-24(33-4)12-9-22)10-13-25-19(3)16-26(34-5)35-27(25)28(32)31-18-20(14-15-29)17-23(30)7-2/h7-9,11-12,14-17,21,26H,6,10,13,18H2,1-5H3,(H,31,32)/b15-14+,20-17+,23-7+. The number of amides is 1. The highest BCUT2D eigenvalue weighted by Gasteiger charge is 2.26. The minimum absolute atomic E-state index is 0.0357. The summed E-state index contributed by atoms with van der Waals surface area (Å²) in [5.41, 5.74) is 3.75. The third-order valence-corrected chi connectivity index (χ3v) is 8.46. The fraction of sp³-hybridized carbons (Fsp3) is 0.393. The molecular weight excluding hydrogens is 484 g/mol. The first-order chi connectivity index (χ1) is 16.9. The molecule has 1 N–H and O–H groups in total. The molecule has 0 aliphatic carbocycles. The summed E-state index contributed by atoms with van der Waals surface area (Å²) in [5, 5.41) is 2.86. The second-order valence-corrected chi connectivity index (χ2v) is 10.6. The van der Waals surface area contributed by atoms with Crippen LogP contribution in [0.1, 0.15) is 51.5 Å². The molecule has 0 saturated carbocycles. The van der Waals surface area contributed by atoms with Crippen LogP contribution in [-0.2, 0) is 4.79 Å². The molecule has 0 fully saturated rings. The van der Waals surface area contributed by atoms with Gasteiger partial charge in [-0.15, -0.1) is 23.5 Å². The average Bonchev–Trinajstić information content (AvgIpc) is 2.88. The molecule has 0 radical (unpaired) electrons. The van der Waals surface area contributed by atoms with Crippen LogP contribution in [0.3, 0.4) is 0 Å². The summed E-state index contributed by atoms with van der Waals surface area (Å²) in [4.78, 5) is 13.9. The van der Waals surface area contributed by atoms with Gasteiger partial charge in [-0.3, -0.25) is 4.79 Å². The summed E-state index contributed by atoms with van der Waals surface area (Å²) in [6.45, 7) is 5.83. The van der Waals surface area contributed by atoms with Crippen molar-refractivity contribution in [1.29, 1.82) is 0 Å². The molecule has 1 aliphatic heterocycles. The van der Waals surface area contributed by atoms with E-state index < -0.39 is 5.83 Å². The van der Waals surface area contributed by atoms with Gasteiger partial charge in [0.05, 0.1) is 22.9 Å². The first-order valence-corrected chi connectivity index (χ1v) is 13.9. The van der Waals surface area contributed by atoms with Crippen LogP contribution in [0.4, 0.5) is 8.78 Å². The normalized spacial score (nSPS) is 18.0.